The van der Waals surface area contributed by atoms with Crippen molar-refractivity contribution in [2.45, 2.75) is 12.5 Å². The summed E-state index contributed by atoms with van der Waals surface area (Å²) in [5, 5.41) is 2.79. The highest BCUT2D eigenvalue weighted by Gasteiger charge is 2.23. The maximum Gasteiger partial charge on any atom is 0.243 e. The normalized spacial score (nSPS) is 21.9. The number of hydrogen-bond donors (Lipinski definition) is 1. The van der Waals surface area contributed by atoms with E-state index in [1.807, 2.05) is 0 Å². The molecule has 1 heterocycles. The first-order chi connectivity index (χ1) is 7.13. The number of carbonyl (C=O) groups excluding carboxylic acids is 1. The van der Waals surface area contributed by atoms with Crippen LogP contribution in [0.5, 0.6) is 0 Å². The average molecular weight is 211 g/mol. The molecular formula is C11H21N3O. The Morgan fingerprint density at radius 1 is 1.67 bits per heavy atom. The Labute approximate surface area is 91.9 Å². The lowest BCUT2D eigenvalue weighted by Crippen LogP contribution is -2.35. The van der Waals surface area contributed by atoms with E-state index in [1.54, 1.807) is 0 Å². The molecule has 0 aliphatic carbocycles. The fourth-order valence-corrected chi connectivity index (χ4v) is 1.85. The Balaban J connectivity index is 2.14. The van der Waals surface area contributed by atoms with Gasteiger partial charge in [0.05, 0.1) is 0 Å². The number of amides is 1. The molecule has 0 aromatic carbocycles. The Kier molecular flexibility index (Phi) is 4.78. The molecule has 0 radical (unpaired) electrons. The van der Waals surface area contributed by atoms with E-state index in [9.17, 15) is 4.79 Å². The van der Waals surface area contributed by atoms with Gasteiger partial charge in [-0.1, -0.05) is 6.58 Å². The van der Waals surface area contributed by atoms with E-state index in [1.165, 1.54) is 12.5 Å². The third-order valence-electron chi connectivity index (χ3n) is 2.89. The summed E-state index contributed by atoms with van der Waals surface area (Å²) in [4.78, 5) is 15.6. The lowest BCUT2D eigenvalue weighted by Gasteiger charge is -2.20. The van der Waals surface area contributed by atoms with Crippen molar-refractivity contribution in [3.05, 3.63) is 12.7 Å². The van der Waals surface area contributed by atoms with Crippen molar-refractivity contribution in [2.24, 2.45) is 0 Å². The van der Waals surface area contributed by atoms with Gasteiger partial charge >= 0.3 is 0 Å². The van der Waals surface area contributed by atoms with Gasteiger partial charge in [0.1, 0.15) is 0 Å². The third-order valence-corrected chi connectivity index (χ3v) is 2.89. The second-order valence-electron chi connectivity index (χ2n) is 4.20. The van der Waals surface area contributed by atoms with E-state index in [0.29, 0.717) is 12.6 Å². The highest BCUT2D eigenvalue weighted by atomic mass is 16.1. The number of carbonyl (C=O) groups is 1. The zero-order valence-corrected chi connectivity index (χ0v) is 9.70. The molecule has 1 atom stereocenters. The maximum atomic E-state index is 10.9. The van der Waals surface area contributed by atoms with Crippen molar-refractivity contribution in [3.63, 3.8) is 0 Å². The van der Waals surface area contributed by atoms with Gasteiger partial charge in [0.25, 0.3) is 0 Å². The molecule has 1 saturated heterocycles. The zero-order chi connectivity index (χ0) is 11.3. The van der Waals surface area contributed by atoms with E-state index < -0.39 is 0 Å². The summed E-state index contributed by atoms with van der Waals surface area (Å²) >= 11 is 0. The number of rotatable bonds is 5. The molecule has 0 aromatic heterocycles. The molecule has 1 rings (SSSR count). The van der Waals surface area contributed by atoms with Crippen molar-refractivity contribution in [1.82, 2.24) is 15.1 Å². The lowest BCUT2D eigenvalue weighted by molar-refractivity contribution is -0.116. The summed E-state index contributed by atoms with van der Waals surface area (Å²) in [5.74, 6) is -0.0849. The summed E-state index contributed by atoms with van der Waals surface area (Å²) in [6.45, 7) is 7.30. The first kappa shape index (κ1) is 12.2. The van der Waals surface area contributed by atoms with Crippen molar-refractivity contribution < 1.29 is 4.79 Å². The van der Waals surface area contributed by atoms with Gasteiger partial charge < -0.3 is 10.2 Å². The minimum atomic E-state index is -0.0849. The van der Waals surface area contributed by atoms with E-state index in [2.05, 4.69) is 35.8 Å². The molecule has 4 heteroatoms. The monoisotopic (exact) mass is 211 g/mol. The standard InChI is InChI=1S/C11H21N3O/c1-4-11(15)12-6-8-14-7-5-10(9-14)13(2)3/h4,10H,1,5-9H2,2-3H3,(H,12,15)/t10-/m0/s1. The number of likely N-dealkylation sites (N-methyl/N-ethyl adjacent to an activating group) is 1. The van der Waals surface area contributed by atoms with Gasteiger partial charge in [-0.3, -0.25) is 9.69 Å². The third kappa shape index (κ3) is 4.01. The summed E-state index contributed by atoms with van der Waals surface area (Å²) in [6.07, 6.45) is 2.54. The molecule has 4 nitrogen and oxygen atoms in total. The number of nitrogens with zero attached hydrogens (tertiary/aromatic N) is 2. The quantitative estimate of drug-likeness (QED) is 0.646. The largest absolute Gasteiger partial charge is 0.351 e. The molecule has 15 heavy (non-hydrogen) atoms. The van der Waals surface area contributed by atoms with Gasteiger partial charge in [-0.05, 0) is 33.1 Å². The summed E-state index contributed by atoms with van der Waals surface area (Å²) in [5.41, 5.74) is 0. The van der Waals surface area contributed by atoms with E-state index in [0.717, 1.165) is 19.6 Å². The van der Waals surface area contributed by atoms with Crippen LogP contribution in [-0.4, -0.2) is 62.0 Å². The average Bonchev–Trinajstić information content (AvgIpc) is 2.66. The number of nitrogens with one attached hydrogen (secondary N) is 1. The molecule has 1 aliphatic rings. The van der Waals surface area contributed by atoms with Gasteiger partial charge in [-0.15, -0.1) is 0 Å². The van der Waals surface area contributed by atoms with Crippen LogP contribution in [0.1, 0.15) is 6.42 Å². The van der Waals surface area contributed by atoms with E-state index in [-0.39, 0.29) is 5.91 Å². The van der Waals surface area contributed by atoms with Crippen molar-refractivity contribution in [1.29, 1.82) is 0 Å². The predicted octanol–water partition coefficient (Wildman–Crippen LogP) is -0.0755. The Hall–Kier alpha value is -0.870. The first-order valence-corrected chi connectivity index (χ1v) is 5.42. The van der Waals surface area contributed by atoms with Crippen LogP contribution in [0.3, 0.4) is 0 Å². The van der Waals surface area contributed by atoms with E-state index >= 15 is 0 Å². The lowest BCUT2D eigenvalue weighted by atomic mass is 10.2. The number of likely N-dealkylation sites (tertiary alicyclic amines) is 1. The summed E-state index contributed by atoms with van der Waals surface area (Å²) < 4.78 is 0. The second-order valence-corrected chi connectivity index (χ2v) is 4.20. The molecule has 86 valence electrons. The van der Waals surface area contributed by atoms with Crippen LogP contribution in [0.25, 0.3) is 0 Å². The van der Waals surface area contributed by atoms with Crippen LogP contribution in [0, 0.1) is 0 Å². The maximum absolute atomic E-state index is 10.9. The SMILES string of the molecule is C=CC(=O)NCCN1CC[C@H](N(C)C)C1. The Morgan fingerprint density at radius 3 is 2.93 bits per heavy atom. The van der Waals surface area contributed by atoms with Crippen LogP contribution in [0.4, 0.5) is 0 Å². The first-order valence-electron chi connectivity index (χ1n) is 5.42. The smallest absolute Gasteiger partial charge is 0.243 e. The molecular weight excluding hydrogens is 190 g/mol. The van der Waals surface area contributed by atoms with Crippen LogP contribution in [0.15, 0.2) is 12.7 Å². The Morgan fingerprint density at radius 2 is 2.40 bits per heavy atom. The van der Waals surface area contributed by atoms with Gasteiger partial charge in [-0.2, -0.15) is 0 Å². The van der Waals surface area contributed by atoms with Crippen molar-refractivity contribution in [3.8, 4) is 0 Å². The molecule has 1 fully saturated rings. The molecule has 0 aromatic rings. The van der Waals surface area contributed by atoms with Crippen LogP contribution >= 0.6 is 0 Å². The molecule has 0 saturated carbocycles. The van der Waals surface area contributed by atoms with Crippen LogP contribution in [0.2, 0.25) is 0 Å². The topological polar surface area (TPSA) is 35.6 Å². The minimum absolute atomic E-state index is 0.0849. The molecule has 0 bridgehead atoms. The molecule has 1 aliphatic heterocycles. The Bertz CT molecular complexity index is 228. The summed E-state index contributed by atoms with van der Waals surface area (Å²) in [7, 11) is 4.24. The fourth-order valence-electron chi connectivity index (χ4n) is 1.85. The number of hydrogen-bond acceptors (Lipinski definition) is 3. The molecule has 1 amide bonds. The highest BCUT2D eigenvalue weighted by Crippen LogP contribution is 2.11. The fraction of sp³-hybridized carbons (Fsp3) is 0.727. The predicted molar refractivity (Wildman–Crippen MR) is 61.7 cm³/mol. The highest BCUT2D eigenvalue weighted by molar-refractivity contribution is 5.86. The zero-order valence-electron chi connectivity index (χ0n) is 9.70. The van der Waals surface area contributed by atoms with Crippen LogP contribution in [-0.2, 0) is 4.79 Å². The molecule has 1 N–H and O–H groups in total. The van der Waals surface area contributed by atoms with Gasteiger partial charge in [-0.25, -0.2) is 0 Å². The van der Waals surface area contributed by atoms with Gasteiger partial charge in [0.2, 0.25) is 5.91 Å². The van der Waals surface area contributed by atoms with Crippen molar-refractivity contribution in [2.75, 3.05) is 40.3 Å². The summed E-state index contributed by atoms with van der Waals surface area (Å²) in [6, 6.07) is 0.667. The second kappa shape index (κ2) is 5.88. The van der Waals surface area contributed by atoms with Crippen LogP contribution < -0.4 is 5.32 Å². The van der Waals surface area contributed by atoms with E-state index in [4.69, 9.17) is 0 Å². The van der Waals surface area contributed by atoms with Crippen molar-refractivity contribution >= 4 is 5.91 Å². The molecule has 0 unspecified atom stereocenters. The van der Waals surface area contributed by atoms with Gasteiger partial charge in [0.15, 0.2) is 0 Å². The minimum Gasteiger partial charge on any atom is -0.351 e. The molecule has 0 spiro atoms. The van der Waals surface area contributed by atoms with Gasteiger partial charge in [0, 0.05) is 25.7 Å².